The van der Waals surface area contributed by atoms with E-state index in [9.17, 15) is 24.3 Å². The molecule has 2 aliphatic heterocycles. The summed E-state index contributed by atoms with van der Waals surface area (Å²) in [5.74, 6) is -0.856. The van der Waals surface area contributed by atoms with E-state index in [0.29, 0.717) is 50.1 Å². The number of phenolic OH excluding ortho intramolecular Hbond substituents is 1. The third-order valence-electron chi connectivity index (χ3n) is 7.71. The van der Waals surface area contributed by atoms with Crippen molar-refractivity contribution in [2.45, 2.75) is 89.4 Å². The number of hydrogen-bond acceptors (Lipinski definition) is 8. The SMILES string of the molecule is CC1CO1.COc1ccc(C[C@H](NC(=O)C(C)NC(=O)C2CCOCC2)C(=O)N[C@H](C=O)CC2CCCC2)cc1O. The fourth-order valence-electron chi connectivity index (χ4n) is 5.09. The molecule has 4 atom stereocenters. The number of methoxy groups -OCH3 is 1. The van der Waals surface area contributed by atoms with Crippen molar-refractivity contribution in [1.82, 2.24) is 16.0 Å². The molecule has 11 nitrogen and oxygen atoms in total. The molecule has 2 heterocycles. The van der Waals surface area contributed by atoms with Crippen LogP contribution in [0.5, 0.6) is 11.5 Å². The summed E-state index contributed by atoms with van der Waals surface area (Å²) < 4.78 is 15.1. The van der Waals surface area contributed by atoms with Crippen LogP contribution in [0.1, 0.15) is 64.4 Å². The Morgan fingerprint density at radius 2 is 1.73 bits per heavy atom. The van der Waals surface area contributed by atoms with Crippen molar-refractivity contribution < 1.29 is 38.5 Å². The molecule has 0 aromatic heterocycles. The van der Waals surface area contributed by atoms with Crippen molar-refractivity contribution in [1.29, 1.82) is 0 Å². The average molecular weight is 576 g/mol. The lowest BCUT2D eigenvalue weighted by molar-refractivity contribution is -0.134. The number of epoxide rings is 1. The van der Waals surface area contributed by atoms with Crippen LogP contribution in [-0.2, 0) is 35.1 Å². The van der Waals surface area contributed by atoms with Crippen molar-refractivity contribution in [2.24, 2.45) is 11.8 Å². The number of nitrogens with one attached hydrogen (secondary N) is 3. The molecular formula is C30H45N3O8. The average Bonchev–Trinajstić information content (AvgIpc) is 3.58. The second kappa shape index (κ2) is 16.3. The van der Waals surface area contributed by atoms with Gasteiger partial charge in [0.2, 0.25) is 17.7 Å². The van der Waals surface area contributed by atoms with Crippen molar-refractivity contribution in [3.8, 4) is 11.5 Å². The summed E-state index contributed by atoms with van der Waals surface area (Å²) in [5, 5.41) is 18.4. The molecule has 3 fully saturated rings. The van der Waals surface area contributed by atoms with Crippen LogP contribution in [0.25, 0.3) is 0 Å². The molecule has 2 unspecified atom stereocenters. The maximum atomic E-state index is 13.3. The van der Waals surface area contributed by atoms with Gasteiger partial charge in [-0.3, -0.25) is 14.4 Å². The molecule has 0 spiro atoms. The van der Waals surface area contributed by atoms with Crippen molar-refractivity contribution in [3.63, 3.8) is 0 Å². The first-order chi connectivity index (χ1) is 19.7. The van der Waals surface area contributed by atoms with Gasteiger partial charge in [-0.05, 0) is 56.7 Å². The van der Waals surface area contributed by atoms with Crippen molar-refractivity contribution >= 4 is 24.0 Å². The molecule has 4 N–H and O–H groups in total. The van der Waals surface area contributed by atoms with Crippen LogP contribution in [0.15, 0.2) is 18.2 Å². The van der Waals surface area contributed by atoms with E-state index in [0.717, 1.165) is 38.6 Å². The van der Waals surface area contributed by atoms with E-state index >= 15 is 0 Å². The second-order valence-electron chi connectivity index (χ2n) is 11.2. The second-order valence-corrected chi connectivity index (χ2v) is 11.2. The fraction of sp³-hybridized carbons (Fsp3) is 0.667. The van der Waals surface area contributed by atoms with Gasteiger partial charge in [-0.15, -0.1) is 0 Å². The van der Waals surface area contributed by atoms with Crippen LogP contribution in [0.4, 0.5) is 0 Å². The maximum absolute atomic E-state index is 13.3. The number of amides is 3. The first-order valence-electron chi connectivity index (χ1n) is 14.6. The van der Waals surface area contributed by atoms with Crippen LogP contribution >= 0.6 is 0 Å². The van der Waals surface area contributed by atoms with Crippen LogP contribution in [0.2, 0.25) is 0 Å². The van der Waals surface area contributed by atoms with Crippen LogP contribution < -0.4 is 20.7 Å². The first kappa shape index (κ1) is 32.3. The van der Waals surface area contributed by atoms with Gasteiger partial charge in [0.15, 0.2) is 11.5 Å². The zero-order valence-corrected chi connectivity index (χ0v) is 24.4. The monoisotopic (exact) mass is 575 g/mol. The lowest BCUT2D eigenvalue weighted by atomic mass is 9.98. The van der Waals surface area contributed by atoms with Gasteiger partial charge in [-0.25, -0.2) is 0 Å². The van der Waals surface area contributed by atoms with Crippen LogP contribution in [-0.4, -0.2) is 80.3 Å². The molecule has 1 aromatic carbocycles. The largest absolute Gasteiger partial charge is 0.504 e. The summed E-state index contributed by atoms with van der Waals surface area (Å²) in [5.41, 5.74) is 0.594. The number of rotatable bonds is 12. The predicted octanol–water partition coefficient (Wildman–Crippen LogP) is 2.03. The zero-order valence-electron chi connectivity index (χ0n) is 24.4. The summed E-state index contributed by atoms with van der Waals surface area (Å²) in [7, 11) is 1.44. The maximum Gasteiger partial charge on any atom is 0.243 e. The summed E-state index contributed by atoms with van der Waals surface area (Å²) in [6, 6.07) is 2.20. The molecule has 41 heavy (non-hydrogen) atoms. The Morgan fingerprint density at radius 1 is 1.07 bits per heavy atom. The Balaban J connectivity index is 0.00000106. The van der Waals surface area contributed by atoms with E-state index in [1.807, 2.05) is 0 Å². The molecule has 3 aliphatic rings. The minimum Gasteiger partial charge on any atom is -0.504 e. The molecule has 2 saturated heterocycles. The minimum atomic E-state index is -1.02. The Kier molecular flexibility index (Phi) is 12.9. The van der Waals surface area contributed by atoms with Crippen molar-refractivity contribution in [3.05, 3.63) is 23.8 Å². The first-order valence-corrected chi connectivity index (χ1v) is 14.6. The zero-order chi connectivity index (χ0) is 29.8. The van der Waals surface area contributed by atoms with E-state index in [-0.39, 0.29) is 29.7 Å². The molecule has 0 bridgehead atoms. The van der Waals surface area contributed by atoms with Gasteiger partial charge in [0.05, 0.1) is 25.9 Å². The van der Waals surface area contributed by atoms with Gasteiger partial charge in [0.1, 0.15) is 18.4 Å². The third kappa shape index (κ3) is 11.0. The van der Waals surface area contributed by atoms with E-state index < -0.39 is 29.9 Å². The molecule has 1 aliphatic carbocycles. The third-order valence-corrected chi connectivity index (χ3v) is 7.71. The van der Waals surface area contributed by atoms with E-state index in [4.69, 9.17) is 14.2 Å². The standard InChI is InChI=1S/C27H39N3O7.C3H6O/c1-17(28-26(34)20-9-11-37-12-10-20)25(33)30-22(14-19-7-8-24(36-2)23(32)15-19)27(35)29-21(16-31)13-18-5-3-4-6-18;1-3-2-4-3/h7-8,15-18,20-22,32H,3-6,9-14H2,1-2H3,(H,28,34)(H,29,35)(H,30,33);3H,2H2,1H3/t17?,21-,22-;/m0./s1. The Labute approximate surface area is 242 Å². The fourth-order valence-corrected chi connectivity index (χ4v) is 5.09. The van der Waals surface area contributed by atoms with Gasteiger partial charge in [0, 0.05) is 25.6 Å². The molecule has 0 radical (unpaired) electrons. The summed E-state index contributed by atoms with van der Waals surface area (Å²) in [6.45, 7) is 5.62. The summed E-state index contributed by atoms with van der Waals surface area (Å²) in [6.07, 6.45) is 7.49. The van der Waals surface area contributed by atoms with Gasteiger partial charge >= 0.3 is 0 Å². The highest BCUT2D eigenvalue weighted by Gasteiger charge is 2.29. The smallest absolute Gasteiger partial charge is 0.243 e. The lowest BCUT2D eigenvalue weighted by Gasteiger charge is -2.25. The lowest BCUT2D eigenvalue weighted by Crippen LogP contribution is -2.55. The van der Waals surface area contributed by atoms with Crippen molar-refractivity contribution in [2.75, 3.05) is 26.9 Å². The summed E-state index contributed by atoms with van der Waals surface area (Å²) >= 11 is 0. The molecule has 228 valence electrons. The Morgan fingerprint density at radius 3 is 2.29 bits per heavy atom. The number of benzene rings is 1. The molecule has 1 aromatic rings. The normalized spacial score (nSPS) is 20.9. The number of phenols is 1. The van der Waals surface area contributed by atoms with Crippen LogP contribution in [0.3, 0.4) is 0 Å². The molecular weight excluding hydrogens is 530 g/mol. The quantitative estimate of drug-likeness (QED) is 0.218. The highest BCUT2D eigenvalue weighted by Crippen LogP contribution is 2.29. The van der Waals surface area contributed by atoms with Gasteiger partial charge in [0.25, 0.3) is 0 Å². The number of aromatic hydroxyl groups is 1. The minimum absolute atomic E-state index is 0.0742. The van der Waals surface area contributed by atoms with Gasteiger partial charge in [-0.1, -0.05) is 31.7 Å². The van der Waals surface area contributed by atoms with Crippen LogP contribution in [0, 0.1) is 11.8 Å². The molecule has 4 rings (SSSR count). The highest BCUT2D eigenvalue weighted by atomic mass is 16.6. The Hall–Kier alpha value is -3.18. The number of carbonyl (C=O) groups is 4. The topological polar surface area (TPSA) is 156 Å². The molecule has 3 amide bonds. The Bertz CT molecular complexity index is 1020. The number of aldehydes is 1. The molecule has 1 saturated carbocycles. The highest BCUT2D eigenvalue weighted by molar-refractivity contribution is 5.93. The molecule has 11 heteroatoms. The van der Waals surface area contributed by atoms with E-state index in [1.165, 1.54) is 13.2 Å². The van der Waals surface area contributed by atoms with Gasteiger partial charge < -0.3 is 40.1 Å². The van der Waals surface area contributed by atoms with E-state index in [2.05, 4.69) is 22.9 Å². The number of carbonyl (C=O) groups excluding carboxylic acids is 4. The van der Waals surface area contributed by atoms with E-state index in [1.54, 1.807) is 19.1 Å². The number of ether oxygens (including phenoxy) is 3. The number of hydrogen-bond donors (Lipinski definition) is 4. The summed E-state index contributed by atoms with van der Waals surface area (Å²) in [4.78, 5) is 50.5. The van der Waals surface area contributed by atoms with Gasteiger partial charge in [-0.2, -0.15) is 0 Å². The predicted molar refractivity (Wildman–Crippen MR) is 151 cm³/mol.